The summed E-state index contributed by atoms with van der Waals surface area (Å²) < 4.78 is 0. The Kier molecular flexibility index (Phi) is 6.51. The Hall–Kier alpha value is -2.93. The summed E-state index contributed by atoms with van der Waals surface area (Å²) in [5.41, 5.74) is 4.01. The van der Waals surface area contributed by atoms with Crippen molar-refractivity contribution in [3.8, 4) is 0 Å². The number of aryl methyl sites for hydroxylation is 1. The van der Waals surface area contributed by atoms with E-state index in [1.165, 1.54) is 11.1 Å². The Balaban J connectivity index is 1.58. The molecule has 0 spiro atoms. The van der Waals surface area contributed by atoms with Crippen molar-refractivity contribution in [3.05, 3.63) is 65.2 Å². The van der Waals surface area contributed by atoms with Gasteiger partial charge in [-0.25, -0.2) is 4.99 Å². The van der Waals surface area contributed by atoms with Crippen molar-refractivity contribution in [1.82, 2.24) is 10.2 Å². The summed E-state index contributed by atoms with van der Waals surface area (Å²) in [6, 6.07) is 15.4. The molecule has 31 heavy (non-hydrogen) atoms. The van der Waals surface area contributed by atoms with E-state index in [2.05, 4.69) is 48.4 Å². The van der Waals surface area contributed by atoms with E-state index in [4.69, 9.17) is 4.99 Å². The van der Waals surface area contributed by atoms with Gasteiger partial charge in [0.2, 0.25) is 5.91 Å². The largest absolute Gasteiger partial charge is 0.356 e. The van der Waals surface area contributed by atoms with Crippen molar-refractivity contribution in [1.29, 1.82) is 0 Å². The summed E-state index contributed by atoms with van der Waals surface area (Å²) in [4.78, 5) is 36.3. The first kappa shape index (κ1) is 21.3. The Morgan fingerprint density at radius 3 is 2.68 bits per heavy atom. The van der Waals surface area contributed by atoms with E-state index in [1.807, 2.05) is 29.2 Å². The minimum atomic E-state index is -0.658. The second kappa shape index (κ2) is 9.47. The number of amidine groups is 2. The fraction of sp³-hybridized carbons (Fsp3) is 0.333. The summed E-state index contributed by atoms with van der Waals surface area (Å²) in [7, 11) is 0. The number of para-hydroxylation sites is 1. The van der Waals surface area contributed by atoms with Gasteiger partial charge in [0.25, 0.3) is 5.91 Å². The number of nitrogens with one attached hydrogen (secondary N) is 1. The summed E-state index contributed by atoms with van der Waals surface area (Å²) >= 11 is 1.56. The molecule has 0 saturated carbocycles. The van der Waals surface area contributed by atoms with Gasteiger partial charge in [0.05, 0.1) is 12.1 Å². The number of fused-ring (bicyclic) bond motifs is 3. The lowest BCUT2D eigenvalue weighted by Gasteiger charge is -2.30. The normalized spacial score (nSPS) is 17.0. The third-order valence-corrected chi connectivity index (χ3v) is 6.35. The van der Waals surface area contributed by atoms with Crippen molar-refractivity contribution in [2.75, 3.05) is 6.54 Å². The second-order valence-electron chi connectivity index (χ2n) is 7.75. The number of rotatable bonds is 7. The molecule has 6 nitrogen and oxygen atoms in total. The molecule has 2 heterocycles. The molecular formula is C24H26N4O2S. The average molecular weight is 435 g/mol. The van der Waals surface area contributed by atoms with E-state index in [-0.39, 0.29) is 18.2 Å². The number of hydrogen-bond acceptors (Lipinski definition) is 5. The predicted octanol–water partition coefficient (Wildman–Crippen LogP) is 4.19. The maximum atomic E-state index is 12.8. The first-order valence-corrected chi connectivity index (χ1v) is 11.6. The molecule has 0 bridgehead atoms. The van der Waals surface area contributed by atoms with Gasteiger partial charge in [0, 0.05) is 17.9 Å². The fourth-order valence-electron chi connectivity index (χ4n) is 3.59. The van der Waals surface area contributed by atoms with Gasteiger partial charge in [0.15, 0.2) is 5.17 Å². The average Bonchev–Trinajstić information content (AvgIpc) is 3.09. The van der Waals surface area contributed by atoms with Gasteiger partial charge in [-0.1, -0.05) is 67.1 Å². The molecule has 0 aromatic heterocycles. The van der Waals surface area contributed by atoms with Crippen LogP contribution in [0.4, 0.5) is 5.69 Å². The van der Waals surface area contributed by atoms with E-state index in [0.29, 0.717) is 23.3 Å². The molecule has 0 fully saturated rings. The van der Waals surface area contributed by atoms with Crippen molar-refractivity contribution < 1.29 is 9.59 Å². The molecule has 1 unspecified atom stereocenters. The Morgan fingerprint density at radius 1 is 1.13 bits per heavy atom. The van der Waals surface area contributed by atoms with Crippen LogP contribution in [-0.4, -0.2) is 40.3 Å². The zero-order valence-corrected chi connectivity index (χ0v) is 18.6. The van der Waals surface area contributed by atoms with Crippen LogP contribution >= 0.6 is 11.8 Å². The van der Waals surface area contributed by atoms with Crippen molar-refractivity contribution >= 4 is 40.3 Å². The van der Waals surface area contributed by atoms with Crippen LogP contribution in [0.1, 0.15) is 42.9 Å². The van der Waals surface area contributed by atoms with Crippen LogP contribution < -0.4 is 5.32 Å². The monoisotopic (exact) mass is 434 g/mol. The van der Waals surface area contributed by atoms with Crippen molar-refractivity contribution in [2.45, 2.75) is 44.9 Å². The number of benzene rings is 2. The third kappa shape index (κ3) is 4.71. The lowest BCUT2D eigenvalue weighted by Crippen LogP contribution is -2.46. The summed E-state index contributed by atoms with van der Waals surface area (Å²) in [6.45, 7) is 4.76. The molecule has 160 valence electrons. The third-order valence-electron chi connectivity index (χ3n) is 5.33. The smallest absolute Gasteiger partial charge is 0.271 e. The second-order valence-corrected chi connectivity index (χ2v) is 8.70. The number of hydrogen-bond donors (Lipinski definition) is 1. The maximum absolute atomic E-state index is 12.8. The van der Waals surface area contributed by atoms with E-state index in [9.17, 15) is 9.59 Å². The number of unbranched alkanes of at least 4 members (excludes halogenated alkanes) is 1. The van der Waals surface area contributed by atoms with Crippen LogP contribution in [0.15, 0.2) is 58.5 Å². The highest BCUT2D eigenvalue weighted by atomic mass is 32.2. The molecular weight excluding hydrogens is 408 g/mol. The van der Waals surface area contributed by atoms with E-state index in [0.717, 1.165) is 24.1 Å². The molecule has 2 aromatic carbocycles. The molecule has 0 radical (unpaired) electrons. The summed E-state index contributed by atoms with van der Waals surface area (Å²) in [5.74, 6) is 0.883. The van der Waals surface area contributed by atoms with Crippen molar-refractivity contribution in [2.24, 2.45) is 9.98 Å². The molecule has 0 aliphatic carbocycles. The quantitative estimate of drug-likeness (QED) is 0.663. The highest BCUT2D eigenvalue weighted by Gasteiger charge is 2.42. The van der Waals surface area contributed by atoms with Crippen LogP contribution in [0.2, 0.25) is 0 Å². The number of carbonyl (C=O) groups is 2. The molecule has 4 rings (SSSR count). The number of thioether (sulfide) groups is 1. The van der Waals surface area contributed by atoms with Crippen LogP contribution in [0.3, 0.4) is 0 Å². The lowest BCUT2D eigenvalue weighted by molar-refractivity contribution is -0.126. The zero-order chi connectivity index (χ0) is 21.8. The first-order chi connectivity index (χ1) is 15.1. The van der Waals surface area contributed by atoms with Gasteiger partial charge < -0.3 is 5.32 Å². The molecule has 2 aliphatic heterocycles. The zero-order valence-electron chi connectivity index (χ0n) is 17.8. The van der Waals surface area contributed by atoms with E-state index in [1.54, 1.807) is 11.8 Å². The number of amides is 2. The van der Waals surface area contributed by atoms with E-state index >= 15 is 0 Å². The number of nitrogens with zero attached hydrogens (tertiary/aromatic N) is 3. The molecule has 1 atom stereocenters. The molecule has 2 aromatic rings. The Labute approximate surface area is 186 Å². The topological polar surface area (TPSA) is 74.1 Å². The van der Waals surface area contributed by atoms with Crippen LogP contribution in [-0.2, 0) is 15.3 Å². The summed E-state index contributed by atoms with van der Waals surface area (Å²) in [5, 5.41) is 3.61. The predicted molar refractivity (Wildman–Crippen MR) is 126 cm³/mol. The standard InChI is InChI=1S/C24H26N4O2S/c1-3-4-13-25-21(29)14-20-23(30)27-22-18-7-5-6-8-19(18)26-24(28(20)22)31-15-17-11-9-16(2)10-12-17/h5-12,20H,3-4,13-15H2,1-2H3,(H,25,29). The molecule has 7 heteroatoms. The SMILES string of the molecule is CCCCNC(=O)CC1C(=O)N=C2c3ccccc3N=C(SCc3ccc(C)cc3)N21. The minimum absolute atomic E-state index is 0.0713. The lowest BCUT2D eigenvalue weighted by atomic mass is 10.1. The highest BCUT2D eigenvalue weighted by molar-refractivity contribution is 8.13. The van der Waals surface area contributed by atoms with Crippen LogP contribution in [0.5, 0.6) is 0 Å². The summed E-state index contributed by atoms with van der Waals surface area (Å²) in [6.07, 6.45) is 2.00. The molecule has 2 aliphatic rings. The van der Waals surface area contributed by atoms with Crippen LogP contribution in [0, 0.1) is 6.92 Å². The minimum Gasteiger partial charge on any atom is -0.356 e. The highest BCUT2D eigenvalue weighted by Crippen LogP contribution is 2.35. The van der Waals surface area contributed by atoms with Gasteiger partial charge in [-0.05, 0) is 31.0 Å². The maximum Gasteiger partial charge on any atom is 0.271 e. The first-order valence-electron chi connectivity index (χ1n) is 10.6. The number of aliphatic imine (C=N–C) groups is 2. The van der Waals surface area contributed by atoms with Crippen LogP contribution in [0.25, 0.3) is 0 Å². The fourth-order valence-corrected chi connectivity index (χ4v) is 4.59. The molecule has 0 saturated heterocycles. The van der Waals surface area contributed by atoms with Gasteiger partial charge in [0.1, 0.15) is 11.9 Å². The van der Waals surface area contributed by atoms with Gasteiger partial charge in [-0.3, -0.25) is 14.5 Å². The molecule has 1 N–H and O–H groups in total. The Bertz CT molecular complexity index is 1050. The van der Waals surface area contributed by atoms with Gasteiger partial charge >= 0.3 is 0 Å². The van der Waals surface area contributed by atoms with Gasteiger partial charge in [-0.2, -0.15) is 4.99 Å². The Morgan fingerprint density at radius 2 is 1.90 bits per heavy atom. The van der Waals surface area contributed by atoms with E-state index < -0.39 is 6.04 Å². The van der Waals surface area contributed by atoms with Gasteiger partial charge in [-0.15, -0.1) is 0 Å². The molecule has 2 amide bonds. The number of carbonyl (C=O) groups excluding carboxylic acids is 2. The van der Waals surface area contributed by atoms with Crippen molar-refractivity contribution in [3.63, 3.8) is 0 Å².